The molecular weight excluding hydrogens is 478 g/mol. The molecule has 0 unspecified atom stereocenters. The van der Waals surface area contributed by atoms with Gasteiger partial charge >= 0.3 is 0 Å². The molecule has 5 rings (SSSR count). The maximum absolute atomic E-state index is 5.41. The zero-order valence-corrected chi connectivity index (χ0v) is 22.4. The first-order valence-electron chi connectivity index (χ1n) is 13.2. The summed E-state index contributed by atoms with van der Waals surface area (Å²) in [5, 5.41) is 3.55. The molecule has 0 amide bonds. The summed E-state index contributed by atoms with van der Waals surface area (Å²) in [6, 6.07) is 46.8. The highest BCUT2D eigenvalue weighted by atomic mass is 16.5. The molecule has 0 bridgehead atoms. The van der Waals surface area contributed by atoms with Crippen LogP contribution in [0.1, 0.15) is 33.4 Å². The molecule has 0 aliphatic heterocycles. The molecule has 39 heavy (non-hydrogen) atoms. The highest BCUT2D eigenvalue weighted by Gasteiger charge is 2.16. The fraction of sp³-hybridized carbons (Fsp3) is 0.111. The molecule has 0 saturated heterocycles. The molecular formula is C36H33NO2. The van der Waals surface area contributed by atoms with Crippen molar-refractivity contribution < 1.29 is 9.47 Å². The molecule has 1 N–H and O–H groups in total. The van der Waals surface area contributed by atoms with Crippen LogP contribution in [0.5, 0.6) is 11.5 Å². The van der Waals surface area contributed by atoms with Crippen molar-refractivity contribution in [1.29, 1.82) is 0 Å². The molecule has 194 valence electrons. The molecule has 3 heteroatoms. The van der Waals surface area contributed by atoms with Gasteiger partial charge in [-0.05, 0) is 56.7 Å². The molecule has 0 aromatic heterocycles. The predicted octanol–water partition coefficient (Wildman–Crippen LogP) is 8.00. The van der Waals surface area contributed by atoms with Crippen molar-refractivity contribution in [3.8, 4) is 11.5 Å². The summed E-state index contributed by atoms with van der Waals surface area (Å²) < 4.78 is 10.8. The van der Waals surface area contributed by atoms with Gasteiger partial charge in [0.05, 0.1) is 14.2 Å². The first-order valence-corrected chi connectivity index (χ1v) is 13.2. The van der Waals surface area contributed by atoms with Crippen LogP contribution in [0.2, 0.25) is 0 Å². The second-order valence-electron chi connectivity index (χ2n) is 9.37. The highest BCUT2D eigenvalue weighted by molar-refractivity contribution is 6.04. The fourth-order valence-corrected chi connectivity index (χ4v) is 4.83. The lowest BCUT2D eigenvalue weighted by Gasteiger charge is -2.18. The summed E-state index contributed by atoms with van der Waals surface area (Å²) in [7, 11) is 3.35. The van der Waals surface area contributed by atoms with Crippen LogP contribution in [0.25, 0.3) is 11.1 Å². The Balaban J connectivity index is 1.46. The summed E-state index contributed by atoms with van der Waals surface area (Å²) in [6.07, 6.45) is 0. The predicted molar refractivity (Wildman–Crippen MR) is 161 cm³/mol. The molecule has 5 aromatic rings. The van der Waals surface area contributed by atoms with E-state index in [-0.39, 0.29) is 0 Å². The molecule has 0 fully saturated rings. The standard InChI is InChI=1S/C36H33NO2/c1-38-33-22-28(23-34(24-33)39-2)26-37-25-27-18-20-32(21-19-27)36(31-16-10-5-11-17-31)35(29-12-6-3-7-13-29)30-14-8-4-9-15-30/h3-24,37H,25-26H2,1-2H3. The minimum atomic E-state index is 0.719. The first-order chi connectivity index (χ1) is 19.2. The van der Waals surface area contributed by atoms with E-state index in [2.05, 4.69) is 121 Å². The van der Waals surface area contributed by atoms with Crippen LogP contribution in [-0.4, -0.2) is 14.2 Å². The summed E-state index contributed by atoms with van der Waals surface area (Å²) in [4.78, 5) is 0. The van der Waals surface area contributed by atoms with Gasteiger partial charge in [-0.15, -0.1) is 0 Å². The Morgan fingerprint density at radius 3 is 1.26 bits per heavy atom. The maximum Gasteiger partial charge on any atom is 0.122 e. The van der Waals surface area contributed by atoms with Gasteiger partial charge in [-0.3, -0.25) is 0 Å². The van der Waals surface area contributed by atoms with Crippen molar-refractivity contribution in [2.24, 2.45) is 0 Å². The Kier molecular flexibility index (Phi) is 8.52. The summed E-state index contributed by atoms with van der Waals surface area (Å²) in [5.41, 5.74) is 9.55. The fourth-order valence-electron chi connectivity index (χ4n) is 4.83. The van der Waals surface area contributed by atoms with Crippen LogP contribution in [0.4, 0.5) is 0 Å². The lowest BCUT2D eigenvalue weighted by molar-refractivity contribution is 0.393. The summed E-state index contributed by atoms with van der Waals surface area (Å²) in [6.45, 7) is 1.48. The van der Waals surface area contributed by atoms with Crippen LogP contribution in [-0.2, 0) is 13.1 Å². The number of benzene rings is 5. The SMILES string of the molecule is COc1cc(CNCc2ccc(C(=C(c3ccccc3)c3ccccc3)c3ccccc3)cc2)cc(OC)c1. The van der Waals surface area contributed by atoms with Crippen molar-refractivity contribution in [2.45, 2.75) is 13.1 Å². The van der Waals surface area contributed by atoms with Crippen LogP contribution < -0.4 is 14.8 Å². The topological polar surface area (TPSA) is 30.5 Å². The number of rotatable bonds is 10. The van der Waals surface area contributed by atoms with Crippen molar-refractivity contribution in [3.63, 3.8) is 0 Å². The van der Waals surface area contributed by atoms with Crippen molar-refractivity contribution in [3.05, 3.63) is 167 Å². The largest absolute Gasteiger partial charge is 0.497 e. The minimum Gasteiger partial charge on any atom is -0.497 e. The van der Waals surface area contributed by atoms with Gasteiger partial charge in [-0.2, -0.15) is 0 Å². The number of hydrogen-bond acceptors (Lipinski definition) is 3. The molecule has 0 radical (unpaired) electrons. The normalized spacial score (nSPS) is 10.6. The van der Waals surface area contributed by atoms with E-state index in [1.54, 1.807) is 14.2 Å². The van der Waals surface area contributed by atoms with Gasteiger partial charge in [0.2, 0.25) is 0 Å². The van der Waals surface area contributed by atoms with Crippen LogP contribution >= 0.6 is 0 Å². The van der Waals surface area contributed by atoms with Gasteiger partial charge in [-0.1, -0.05) is 115 Å². The molecule has 0 spiro atoms. The van der Waals surface area contributed by atoms with Crippen molar-refractivity contribution in [1.82, 2.24) is 5.32 Å². The Labute approximate surface area is 231 Å². The Morgan fingerprint density at radius 1 is 0.462 bits per heavy atom. The number of ether oxygens (including phenoxy) is 2. The van der Waals surface area contributed by atoms with E-state index in [0.717, 1.165) is 30.2 Å². The first kappa shape index (κ1) is 26.0. The average Bonchev–Trinajstić information content (AvgIpc) is 3.01. The number of methoxy groups -OCH3 is 2. The highest BCUT2D eigenvalue weighted by Crippen LogP contribution is 2.36. The molecule has 5 aromatic carbocycles. The third kappa shape index (κ3) is 6.46. The van der Waals surface area contributed by atoms with Crippen LogP contribution in [0.3, 0.4) is 0 Å². The molecule has 0 saturated carbocycles. The Morgan fingerprint density at radius 2 is 0.846 bits per heavy atom. The quantitative estimate of drug-likeness (QED) is 0.193. The van der Waals surface area contributed by atoms with Crippen molar-refractivity contribution in [2.75, 3.05) is 14.2 Å². The van der Waals surface area contributed by atoms with E-state index in [9.17, 15) is 0 Å². The molecule has 3 nitrogen and oxygen atoms in total. The second kappa shape index (κ2) is 12.8. The van der Waals surface area contributed by atoms with E-state index in [0.29, 0.717) is 0 Å². The third-order valence-electron chi connectivity index (χ3n) is 6.75. The molecule has 0 heterocycles. The van der Waals surface area contributed by atoms with E-state index in [1.807, 2.05) is 18.2 Å². The number of hydrogen-bond donors (Lipinski definition) is 1. The third-order valence-corrected chi connectivity index (χ3v) is 6.75. The average molecular weight is 512 g/mol. The monoisotopic (exact) mass is 511 g/mol. The van der Waals surface area contributed by atoms with Gasteiger partial charge in [0.15, 0.2) is 0 Å². The smallest absolute Gasteiger partial charge is 0.122 e. The van der Waals surface area contributed by atoms with Gasteiger partial charge in [-0.25, -0.2) is 0 Å². The van der Waals surface area contributed by atoms with Gasteiger partial charge < -0.3 is 14.8 Å². The zero-order chi connectivity index (χ0) is 26.9. The molecule has 0 atom stereocenters. The summed E-state index contributed by atoms with van der Waals surface area (Å²) >= 11 is 0. The van der Waals surface area contributed by atoms with Gasteiger partial charge in [0.25, 0.3) is 0 Å². The Bertz CT molecular complexity index is 1450. The van der Waals surface area contributed by atoms with Crippen LogP contribution in [0.15, 0.2) is 133 Å². The van der Waals surface area contributed by atoms with E-state index < -0.39 is 0 Å². The lowest BCUT2D eigenvalue weighted by atomic mass is 9.85. The zero-order valence-electron chi connectivity index (χ0n) is 22.4. The molecule has 0 aliphatic rings. The van der Waals surface area contributed by atoms with Gasteiger partial charge in [0.1, 0.15) is 11.5 Å². The molecule has 0 aliphatic carbocycles. The van der Waals surface area contributed by atoms with Crippen LogP contribution in [0, 0.1) is 0 Å². The van der Waals surface area contributed by atoms with Crippen molar-refractivity contribution >= 4 is 11.1 Å². The summed E-state index contributed by atoms with van der Waals surface area (Å²) in [5.74, 6) is 1.59. The second-order valence-corrected chi connectivity index (χ2v) is 9.37. The number of nitrogens with one attached hydrogen (secondary N) is 1. The van der Waals surface area contributed by atoms with E-state index in [4.69, 9.17) is 9.47 Å². The Hall–Kier alpha value is -4.60. The van der Waals surface area contributed by atoms with E-state index in [1.165, 1.54) is 39.0 Å². The minimum absolute atomic E-state index is 0.719. The van der Waals surface area contributed by atoms with Gasteiger partial charge in [0, 0.05) is 19.2 Å². The lowest BCUT2D eigenvalue weighted by Crippen LogP contribution is -2.12. The maximum atomic E-state index is 5.41. The van der Waals surface area contributed by atoms with E-state index >= 15 is 0 Å².